The summed E-state index contributed by atoms with van der Waals surface area (Å²) in [6.45, 7) is 2.06. The third-order valence-electron chi connectivity index (χ3n) is 3.83. The number of hydrogen-bond acceptors (Lipinski definition) is 2. The molecule has 1 aliphatic carbocycles. The van der Waals surface area contributed by atoms with Crippen LogP contribution in [-0.4, -0.2) is 24.3 Å². The maximum atomic E-state index is 9.54. The Labute approximate surface area is 108 Å². The Balaban J connectivity index is 2.14. The molecule has 3 heteroatoms. The molecule has 2 rings (SSSR count). The van der Waals surface area contributed by atoms with Crippen molar-refractivity contribution in [3.8, 4) is 0 Å². The number of aliphatic hydroxyl groups is 1. The molecule has 0 heterocycles. The van der Waals surface area contributed by atoms with Gasteiger partial charge in [-0.05, 0) is 50.3 Å². The van der Waals surface area contributed by atoms with Crippen LogP contribution in [0.15, 0.2) is 18.2 Å². The molecule has 0 bridgehead atoms. The molecule has 0 spiro atoms. The average molecular weight is 254 g/mol. The summed E-state index contributed by atoms with van der Waals surface area (Å²) in [4.78, 5) is 2.31. The van der Waals surface area contributed by atoms with Gasteiger partial charge in [-0.1, -0.05) is 17.7 Å². The molecule has 0 atom stereocenters. The van der Waals surface area contributed by atoms with Crippen LogP contribution in [0.2, 0.25) is 5.02 Å². The average Bonchev–Trinajstić information content (AvgIpc) is 2.33. The molecule has 1 aliphatic rings. The minimum Gasteiger partial charge on any atom is -0.393 e. The maximum absolute atomic E-state index is 9.54. The lowest BCUT2D eigenvalue weighted by molar-refractivity contribution is 0.122. The predicted molar refractivity (Wildman–Crippen MR) is 72.9 cm³/mol. The molecule has 0 amide bonds. The fourth-order valence-corrected chi connectivity index (χ4v) is 2.79. The van der Waals surface area contributed by atoms with Crippen LogP contribution in [0.25, 0.3) is 0 Å². The van der Waals surface area contributed by atoms with E-state index in [2.05, 4.69) is 24.9 Å². The Hall–Kier alpha value is -0.730. The zero-order valence-corrected chi connectivity index (χ0v) is 11.2. The first-order valence-electron chi connectivity index (χ1n) is 6.25. The molecular weight excluding hydrogens is 234 g/mol. The second-order valence-electron chi connectivity index (χ2n) is 4.96. The van der Waals surface area contributed by atoms with E-state index in [-0.39, 0.29) is 6.10 Å². The minimum atomic E-state index is -0.0971. The maximum Gasteiger partial charge on any atom is 0.0541 e. The molecule has 0 saturated heterocycles. The van der Waals surface area contributed by atoms with Crippen molar-refractivity contribution in [3.05, 3.63) is 28.8 Å². The van der Waals surface area contributed by atoms with Crippen LogP contribution in [0.3, 0.4) is 0 Å². The lowest BCUT2D eigenvalue weighted by Crippen LogP contribution is -2.36. The first-order chi connectivity index (χ1) is 8.09. The molecule has 1 fully saturated rings. The van der Waals surface area contributed by atoms with Gasteiger partial charge in [0.1, 0.15) is 0 Å². The zero-order chi connectivity index (χ0) is 12.4. The van der Waals surface area contributed by atoms with Crippen LogP contribution in [0, 0.1) is 6.92 Å². The van der Waals surface area contributed by atoms with Crippen LogP contribution in [0.5, 0.6) is 0 Å². The molecule has 2 nitrogen and oxygen atoms in total. The number of halogens is 1. The van der Waals surface area contributed by atoms with Crippen molar-refractivity contribution in [2.45, 2.75) is 44.8 Å². The van der Waals surface area contributed by atoms with Gasteiger partial charge in [-0.3, -0.25) is 0 Å². The lowest BCUT2D eigenvalue weighted by atomic mass is 9.91. The van der Waals surface area contributed by atoms with E-state index in [1.54, 1.807) is 0 Å². The van der Waals surface area contributed by atoms with E-state index >= 15 is 0 Å². The largest absolute Gasteiger partial charge is 0.393 e. The Morgan fingerprint density at radius 1 is 1.24 bits per heavy atom. The Morgan fingerprint density at radius 2 is 1.88 bits per heavy atom. The smallest absolute Gasteiger partial charge is 0.0541 e. The predicted octanol–water partition coefficient (Wildman–Crippen LogP) is 3.39. The fourth-order valence-electron chi connectivity index (χ4n) is 2.62. The van der Waals surface area contributed by atoms with Crippen molar-refractivity contribution in [1.82, 2.24) is 0 Å². The van der Waals surface area contributed by atoms with Crippen molar-refractivity contribution >= 4 is 17.3 Å². The molecular formula is C14H20ClNO. The number of nitrogens with zero attached hydrogens (tertiary/aromatic N) is 1. The van der Waals surface area contributed by atoms with Gasteiger partial charge >= 0.3 is 0 Å². The third-order valence-corrected chi connectivity index (χ3v) is 4.24. The van der Waals surface area contributed by atoms with Crippen LogP contribution in [0.1, 0.15) is 31.2 Å². The quantitative estimate of drug-likeness (QED) is 0.873. The van der Waals surface area contributed by atoms with E-state index in [1.165, 1.54) is 5.69 Å². The van der Waals surface area contributed by atoms with E-state index in [9.17, 15) is 5.11 Å². The summed E-state index contributed by atoms with van der Waals surface area (Å²) in [5, 5.41) is 10.4. The van der Waals surface area contributed by atoms with Gasteiger partial charge in [0.2, 0.25) is 0 Å². The van der Waals surface area contributed by atoms with E-state index in [4.69, 9.17) is 11.6 Å². The summed E-state index contributed by atoms with van der Waals surface area (Å²) in [6.07, 6.45) is 3.84. The highest BCUT2D eigenvalue weighted by Gasteiger charge is 2.23. The zero-order valence-electron chi connectivity index (χ0n) is 10.5. The number of benzene rings is 1. The Bertz CT molecular complexity index is 386. The number of rotatable bonds is 2. The van der Waals surface area contributed by atoms with Crippen molar-refractivity contribution < 1.29 is 5.11 Å². The highest BCUT2D eigenvalue weighted by atomic mass is 35.5. The second kappa shape index (κ2) is 5.28. The molecule has 0 radical (unpaired) electrons. The highest BCUT2D eigenvalue weighted by Crippen LogP contribution is 2.31. The van der Waals surface area contributed by atoms with E-state index < -0.39 is 0 Å². The van der Waals surface area contributed by atoms with E-state index in [0.29, 0.717) is 6.04 Å². The van der Waals surface area contributed by atoms with Gasteiger partial charge in [0.15, 0.2) is 0 Å². The van der Waals surface area contributed by atoms with Gasteiger partial charge in [0.05, 0.1) is 6.10 Å². The monoisotopic (exact) mass is 253 g/mol. The van der Waals surface area contributed by atoms with Crippen LogP contribution >= 0.6 is 11.6 Å². The van der Waals surface area contributed by atoms with Crippen molar-refractivity contribution in [2.75, 3.05) is 11.9 Å². The Morgan fingerprint density at radius 3 is 2.53 bits per heavy atom. The van der Waals surface area contributed by atoms with Crippen LogP contribution < -0.4 is 4.90 Å². The highest BCUT2D eigenvalue weighted by molar-refractivity contribution is 6.31. The molecule has 0 aliphatic heterocycles. The normalized spacial score (nSPS) is 24.7. The molecule has 0 aromatic heterocycles. The summed E-state index contributed by atoms with van der Waals surface area (Å²) < 4.78 is 0. The first-order valence-corrected chi connectivity index (χ1v) is 6.63. The number of hydrogen-bond donors (Lipinski definition) is 1. The molecule has 94 valence electrons. The summed E-state index contributed by atoms with van der Waals surface area (Å²) in [5.41, 5.74) is 2.35. The van der Waals surface area contributed by atoms with Gasteiger partial charge < -0.3 is 10.0 Å². The van der Waals surface area contributed by atoms with Crippen LogP contribution in [-0.2, 0) is 0 Å². The topological polar surface area (TPSA) is 23.5 Å². The van der Waals surface area contributed by atoms with E-state index in [0.717, 1.165) is 36.3 Å². The summed E-state index contributed by atoms with van der Waals surface area (Å²) in [7, 11) is 2.13. The van der Waals surface area contributed by atoms with Crippen molar-refractivity contribution in [1.29, 1.82) is 0 Å². The standard InChI is InChI=1S/C14H20ClNO/c1-10-13(15)4-3-5-14(10)16(2)11-6-8-12(17)9-7-11/h3-5,11-12,17H,6-9H2,1-2H3. The molecule has 1 N–H and O–H groups in total. The van der Waals surface area contributed by atoms with Gasteiger partial charge in [-0.2, -0.15) is 0 Å². The number of aliphatic hydroxyl groups excluding tert-OH is 1. The molecule has 1 saturated carbocycles. The van der Waals surface area contributed by atoms with Gasteiger partial charge in [-0.15, -0.1) is 0 Å². The first kappa shape index (κ1) is 12.7. The summed E-state index contributed by atoms with van der Waals surface area (Å²) in [6, 6.07) is 6.57. The molecule has 1 aromatic rings. The molecule has 1 aromatic carbocycles. The number of anilines is 1. The van der Waals surface area contributed by atoms with Gasteiger partial charge in [0, 0.05) is 23.8 Å². The fraction of sp³-hybridized carbons (Fsp3) is 0.571. The summed E-state index contributed by atoms with van der Waals surface area (Å²) >= 11 is 6.15. The van der Waals surface area contributed by atoms with Crippen molar-refractivity contribution in [3.63, 3.8) is 0 Å². The van der Waals surface area contributed by atoms with Crippen LogP contribution in [0.4, 0.5) is 5.69 Å². The van der Waals surface area contributed by atoms with Gasteiger partial charge in [0.25, 0.3) is 0 Å². The minimum absolute atomic E-state index is 0.0971. The molecule has 0 unspecified atom stereocenters. The van der Waals surface area contributed by atoms with Crippen molar-refractivity contribution in [2.24, 2.45) is 0 Å². The lowest BCUT2D eigenvalue weighted by Gasteiger charge is -2.35. The Kier molecular flexibility index (Phi) is 3.95. The molecule has 17 heavy (non-hydrogen) atoms. The van der Waals surface area contributed by atoms with E-state index in [1.807, 2.05) is 12.1 Å². The second-order valence-corrected chi connectivity index (χ2v) is 5.36. The van der Waals surface area contributed by atoms with Gasteiger partial charge in [-0.25, -0.2) is 0 Å². The third kappa shape index (κ3) is 2.75. The summed E-state index contributed by atoms with van der Waals surface area (Å²) in [5.74, 6) is 0. The SMILES string of the molecule is Cc1c(Cl)cccc1N(C)C1CCC(O)CC1.